The maximum Gasteiger partial charge on any atom is 0.248 e. The topological polar surface area (TPSA) is 49.4 Å². The molecule has 1 unspecified atom stereocenters. The van der Waals surface area contributed by atoms with Gasteiger partial charge in [-0.25, -0.2) is 0 Å². The SMILES string of the molecule is CCCCNC(=O)C1N(C(=O)/C=C/Br)C(C)(C)SC1(C)C. The van der Waals surface area contributed by atoms with Gasteiger partial charge in [0.25, 0.3) is 0 Å². The average Bonchev–Trinajstić information content (AvgIpc) is 2.54. The normalized spacial score (nSPS) is 23.5. The molecule has 1 rings (SSSR count). The van der Waals surface area contributed by atoms with Crippen molar-refractivity contribution in [2.24, 2.45) is 0 Å². The van der Waals surface area contributed by atoms with Crippen LogP contribution >= 0.6 is 27.7 Å². The largest absolute Gasteiger partial charge is 0.354 e. The van der Waals surface area contributed by atoms with E-state index in [-0.39, 0.29) is 16.6 Å². The summed E-state index contributed by atoms with van der Waals surface area (Å²) in [5.74, 6) is -0.214. The first-order valence-electron chi connectivity index (χ1n) is 7.25. The molecule has 0 aromatic carbocycles. The molecule has 0 bridgehead atoms. The van der Waals surface area contributed by atoms with Crippen molar-refractivity contribution in [2.45, 2.75) is 63.1 Å². The maximum absolute atomic E-state index is 12.6. The predicted octanol–water partition coefficient (Wildman–Crippen LogP) is 3.27. The lowest BCUT2D eigenvalue weighted by molar-refractivity contribution is -0.139. The number of amides is 2. The lowest BCUT2D eigenvalue weighted by Crippen LogP contribution is -2.56. The summed E-state index contributed by atoms with van der Waals surface area (Å²) in [6, 6.07) is -0.467. The summed E-state index contributed by atoms with van der Waals surface area (Å²) >= 11 is 4.79. The Bertz CT molecular complexity index is 435. The van der Waals surface area contributed by atoms with Gasteiger partial charge in [-0.05, 0) is 39.1 Å². The fourth-order valence-electron chi connectivity index (χ4n) is 2.82. The van der Waals surface area contributed by atoms with Gasteiger partial charge in [-0.1, -0.05) is 29.3 Å². The molecule has 0 saturated carbocycles. The van der Waals surface area contributed by atoms with E-state index in [2.05, 4.69) is 28.2 Å². The summed E-state index contributed by atoms with van der Waals surface area (Å²) in [6.45, 7) is 10.8. The van der Waals surface area contributed by atoms with Gasteiger partial charge in [0.1, 0.15) is 6.04 Å². The van der Waals surface area contributed by atoms with Crippen molar-refractivity contribution in [3.63, 3.8) is 0 Å². The zero-order valence-corrected chi connectivity index (χ0v) is 15.8. The lowest BCUT2D eigenvalue weighted by Gasteiger charge is -2.34. The number of rotatable bonds is 5. The van der Waals surface area contributed by atoms with Crippen molar-refractivity contribution in [3.8, 4) is 0 Å². The van der Waals surface area contributed by atoms with E-state index in [1.54, 1.807) is 16.7 Å². The van der Waals surface area contributed by atoms with Gasteiger partial charge in [0, 0.05) is 17.4 Å². The first kappa shape index (κ1) is 18.6. The van der Waals surface area contributed by atoms with Gasteiger partial charge in [-0.2, -0.15) is 0 Å². The Morgan fingerprint density at radius 1 is 1.33 bits per heavy atom. The lowest BCUT2D eigenvalue weighted by atomic mass is 9.99. The molecule has 0 aromatic rings. The second-order valence-electron chi connectivity index (χ2n) is 6.20. The van der Waals surface area contributed by atoms with Gasteiger partial charge in [-0.15, -0.1) is 11.8 Å². The first-order chi connectivity index (χ1) is 9.67. The highest BCUT2D eigenvalue weighted by Crippen LogP contribution is 2.51. The minimum Gasteiger partial charge on any atom is -0.354 e. The quantitative estimate of drug-likeness (QED) is 0.591. The summed E-state index contributed by atoms with van der Waals surface area (Å²) in [5, 5.41) is 2.96. The molecule has 1 heterocycles. The van der Waals surface area contributed by atoms with Gasteiger partial charge >= 0.3 is 0 Å². The smallest absolute Gasteiger partial charge is 0.248 e. The highest BCUT2D eigenvalue weighted by molar-refractivity contribution is 9.11. The summed E-state index contributed by atoms with van der Waals surface area (Å²) in [7, 11) is 0. The fraction of sp³-hybridized carbons (Fsp3) is 0.733. The number of hydrogen-bond acceptors (Lipinski definition) is 3. The van der Waals surface area contributed by atoms with Crippen LogP contribution in [-0.2, 0) is 9.59 Å². The molecule has 1 N–H and O–H groups in total. The second kappa shape index (κ2) is 7.18. The number of nitrogens with one attached hydrogen (secondary N) is 1. The van der Waals surface area contributed by atoms with E-state index >= 15 is 0 Å². The minimum atomic E-state index is -0.467. The number of halogens is 1. The fourth-order valence-corrected chi connectivity index (χ4v) is 4.95. The molecule has 2 amide bonds. The van der Waals surface area contributed by atoms with Gasteiger partial charge in [0.15, 0.2) is 0 Å². The van der Waals surface area contributed by atoms with Gasteiger partial charge in [0.2, 0.25) is 11.8 Å². The molecule has 0 spiro atoms. The standard InChI is InChI=1S/C15H25BrN2O2S/c1-6-7-10-17-13(20)12-14(2,3)21-15(4,5)18(12)11(19)8-9-16/h8-9,12H,6-7,10H2,1-5H3,(H,17,20)/b9-8+. The molecule has 120 valence electrons. The van der Waals surface area contributed by atoms with Crippen molar-refractivity contribution in [1.29, 1.82) is 0 Å². The molecule has 0 aliphatic carbocycles. The molecule has 1 aliphatic heterocycles. The van der Waals surface area contributed by atoms with Crippen LogP contribution < -0.4 is 5.32 Å². The Balaban J connectivity index is 3.04. The molecule has 1 atom stereocenters. The van der Waals surface area contributed by atoms with E-state index in [1.807, 2.05) is 27.7 Å². The van der Waals surface area contributed by atoms with Crippen molar-refractivity contribution in [1.82, 2.24) is 10.2 Å². The van der Waals surface area contributed by atoms with Gasteiger partial charge < -0.3 is 10.2 Å². The molecule has 1 fully saturated rings. The van der Waals surface area contributed by atoms with Crippen molar-refractivity contribution >= 4 is 39.5 Å². The molecule has 21 heavy (non-hydrogen) atoms. The molecular weight excluding hydrogens is 352 g/mol. The molecule has 1 aliphatic rings. The van der Waals surface area contributed by atoms with Crippen LogP contribution in [0.1, 0.15) is 47.5 Å². The second-order valence-corrected chi connectivity index (χ2v) is 8.98. The van der Waals surface area contributed by atoms with E-state index in [9.17, 15) is 9.59 Å². The molecule has 0 aromatic heterocycles. The monoisotopic (exact) mass is 376 g/mol. The van der Waals surface area contributed by atoms with Crippen molar-refractivity contribution in [3.05, 3.63) is 11.1 Å². The summed E-state index contributed by atoms with van der Waals surface area (Å²) in [5.41, 5.74) is 0. The number of nitrogens with zero attached hydrogens (tertiary/aromatic N) is 1. The summed E-state index contributed by atoms with van der Waals surface area (Å²) in [6.07, 6.45) is 3.43. The molecule has 0 radical (unpaired) electrons. The Hall–Kier alpha value is -0.490. The van der Waals surface area contributed by atoms with Crippen LogP contribution in [0, 0.1) is 0 Å². The van der Waals surface area contributed by atoms with Crippen LogP contribution in [0.5, 0.6) is 0 Å². The number of unbranched alkanes of at least 4 members (excludes halogenated alkanes) is 1. The van der Waals surface area contributed by atoms with Crippen LogP contribution in [0.25, 0.3) is 0 Å². The molecule has 1 saturated heterocycles. The van der Waals surface area contributed by atoms with E-state index in [0.29, 0.717) is 6.54 Å². The Morgan fingerprint density at radius 3 is 2.48 bits per heavy atom. The van der Waals surface area contributed by atoms with E-state index in [1.165, 1.54) is 11.1 Å². The van der Waals surface area contributed by atoms with E-state index in [0.717, 1.165) is 12.8 Å². The maximum atomic E-state index is 12.6. The summed E-state index contributed by atoms with van der Waals surface area (Å²) in [4.78, 5) is 27.8. The third kappa shape index (κ3) is 4.25. The van der Waals surface area contributed by atoms with Crippen LogP contribution in [-0.4, -0.2) is 38.9 Å². The highest BCUT2D eigenvalue weighted by Gasteiger charge is 2.56. The predicted molar refractivity (Wildman–Crippen MR) is 92.4 cm³/mol. The Kier molecular flexibility index (Phi) is 6.35. The zero-order valence-electron chi connectivity index (χ0n) is 13.4. The Labute approximate surface area is 140 Å². The van der Waals surface area contributed by atoms with Crippen LogP contribution in [0.15, 0.2) is 11.1 Å². The van der Waals surface area contributed by atoms with Crippen molar-refractivity contribution < 1.29 is 9.59 Å². The van der Waals surface area contributed by atoms with Crippen molar-refractivity contribution in [2.75, 3.05) is 6.54 Å². The molecular formula is C15H25BrN2O2S. The van der Waals surface area contributed by atoms with Crippen LogP contribution in [0.3, 0.4) is 0 Å². The number of thioether (sulfide) groups is 1. The molecule has 6 heteroatoms. The average molecular weight is 377 g/mol. The number of carbonyl (C=O) groups is 2. The van der Waals surface area contributed by atoms with Gasteiger partial charge in [-0.3, -0.25) is 9.59 Å². The summed E-state index contributed by atoms with van der Waals surface area (Å²) < 4.78 is -0.324. The van der Waals surface area contributed by atoms with Crippen LogP contribution in [0.2, 0.25) is 0 Å². The third-order valence-electron chi connectivity index (χ3n) is 3.53. The van der Waals surface area contributed by atoms with Gasteiger partial charge in [0.05, 0.1) is 4.87 Å². The number of hydrogen-bond donors (Lipinski definition) is 1. The Morgan fingerprint density at radius 2 is 1.95 bits per heavy atom. The third-order valence-corrected chi connectivity index (χ3v) is 5.24. The van der Waals surface area contributed by atoms with E-state index in [4.69, 9.17) is 0 Å². The minimum absolute atomic E-state index is 0.0668. The number of carbonyl (C=O) groups excluding carboxylic acids is 2. The van der Waals surface area contributed by atoms with Crippen LogP contribution in [0.4, 0.5) is 0 Å². The highest BCUT2D eigenvalue weighted by atomic mass is 79.9. The zero-order chi connectivity index (χ0) is 16.3. The first-order valence-corrected chi connectivity index (χ1v) is 8.98. The molecule has 4 nitrogen and oxygen atoms in total. The van der Waals surface area contributed by atoms with E-state index < -0.39 is 10.9 Å².